The average molecular weight is 468 g/mol. The predicted octanol–water partition coefficient (Wildman–Crippen LogP) is 3.22. The van der Waals surface area contributed by atoms with Crippen molar-refractivity contribution >= 4 is 34.5 Å². The number of carbonyl (C=O) groups excluding carboxylic acids is 2. The Labute approximate surface area is 195 Å². The van der Waals surface area contributed by atoms with Gasteiger partial charge < -0.3 is 15.0 Å². The number of aromatic nitrogens is 3. The maximum atomic E-state index is 13.1. The lowest BCUT2D eigenvalue weighted by atomic mass is 10.1. The van der Waals surface area contributed by atoms with Crippen LogP contribution in [0.5, 0.6) is 5.75 Å². The van der Waals surface area contributed by atoms with Gasteiger partial charge in [0.2, 0.25) is 5.91 Å². The molecule has 9 nitrogen and oxygen atoms in total. The second kappa shape index (κ2) is 8.78. The van der Waals surface area contributed by atoms with E-state index >= 15 is 0 Å². The van der Waals surface area contributed by atoms with Crippen molar-refractivity contribution in [3.8, 4) is 16.3 Å². The molecule has 172 valence electrons. The third kappa shape index (κ3) is 4.13. The normalized spacial score (nSPS) is 13.5. The maximum absolute atomic E-state index is 13.1. The van der Waals surface area contributed by atoms with E-state index in [1.54, 1.807) is 44.2 Å². The summed E-state index contributed by atoms with van der Waals surface area (Å²) in [6.07, 6.45) is 1.28. The van der Waals surface area contributed by atoms with Crippen molar-refractivity contribution in [2.75, 3.05) is 23.9 Å². The molecule has 0 unspecified atom stereocenters. The fourth-order valence-electron chi connectivity index (χ4n) is 3.88. The van der Waals surface area contributed by atoms with Gasteiger partial charge in [-0.1, -0.05) is 0 Å². The van der Waals surface area contributed by atoms with E-state index in [0.29, 0.717) is 51.2 Å². The van der Waals surface area contributed by atoms with E-state index < -0.39 is 0 Å². The van der Waals surface area contributed by atoms with E-state index in [9.17, 15) is 14.4 Å². The highest BCUT2D eigenvalue weighted by Gasteiger charge is 2.26. The van der Waals surface area contributed by atoms with Gasteiger partial charge in [-0.2, -0.15) is 5.10 Å². The molecule has 0 atom stereocenters. The Balaban J connectivity index is 1.66. The van der Waals surface area contributed by atoms with Gasteiger partial charge in [-0.25, -0.2) is 9.67 Å². The molecule has 2 amide bonds. The van der Waals surface area contributed by atoms with Crippen LogP contribution in [-0.4, -0.2) is 40.2 Å². The Hall–Kier alpha value is -3.53. The lowest BCUT2D eigenvalue weighted by Crippen LogP contribution is -2.24. The van der Waals surface area contributed by atoms with Crippen LogP contribution in [0, 0.1) is 20.8 Å². The summed E-state index contributed by atoms with van der Waals surface area (Å²) in [6.45, 7) is 6.02. The number of benzene rings is 1. The lowest BCUT2D eigenvalue weighted by Gasteiger charge is -2.20. The Bertz CT molecular complexity index is 1330. The highest BCUT2D eigenvalue weighted by molar-refractivity contribution is 7.17. The van der Waals surface area contributed by atoms with Gasteiger partial charge in [-0.15, -0.1) is 11.3 Å². The number of aryl methyl sites for hydroxylation is 3. The number of rotatable bonds is 5. The molecule has 1 aliphatic rings. The van der Waals surface area contributed by atoms with Gasteiger partial charge in [0.15, 0.2) is 0 Å². The van der Waals surface area contributed by atoms with Crippen LogP contribution < -0.4 is 20.5 Å². The minimum absolute atomic E-state index is 0.0318. The van der Waals surface area contributed by atoms with Crippen LogP contribution in [0.3, 0.4) is 0 Å². The number of methoxy groups -OCH3 is 1. The van der Waals surface area contributed by atoms with Crippen molar-refractivity contribution in [3.05, 3.63) is 50.4 Å². The monoisotopic (exact) mass is 467 g/mol. The fourth-order valence-corrected chi connectivity index (χ4v) is 4.94. The van der Waals surface area contributed by atoms with Crippen LogP contribution in [0.1, 0.15) is 39.5 Å². The molecule has 4 rings (SSSR count). The predicted molar refractivity (Wildman–Crippen MR) is 127 cm³/mol. The van der Waals surface area contributed by atoms with Gasteiger partial charge in [0.1, 0.15) is 15.6 Å². The van der Waals surface area contributed by atoms with Crippen LogP contribution >= 0.6 is 11.3 Å². The molecule has 1 fully saturated rings. The molecule has 33 heavy (non-hydrogen) atoms. The summed E-state index contributed by atoms with van der Waals surface area (Å²) in [5.74, 6) is 0.267. The molecule has 3 aromatic rings. The van der Waals surface area contributed by atoms with Gasteiger partial charge in [-0.05, 0) is 51.0 Å². The standard InChI is InChI=1S/C23H25N5O4S/c1-12-13(2)26-27(4)23(31)19(12)22-24-14(3)20(33-22)21(30)25-15-8-9-17(32-5)16(11-15)28-10-6-7-18(28)29/h8-9,11H,6-7,10H2,1-5H3,(H,25,30). The summed E-state index contributed by atoms with van der Waals surface area (Å²) in [7, 11) is 3.14. The molecule has 0 aliphatic carbocycles. The van der Waals surface area contributed by atoms with E-state index in [1.165, 1.54) is 16.0 Å². The molecule has 0 saturated carbocycles. The number of nitrogens with one attached hydrogen (secondary N) is 1. The molecule has 2 aromatic heterocycles. The second-order valence-electron chi connectivity index (χ2n) is 7.94. The Morgan fingerprint density at radius 3 is 2.61 bits per heavy atom. The first-order valence-electron chi connectivity index (χ1n) is 10.5. The first kappa shape index (κ1) is 22.7. The highest BCUT2D eigenvalue weighted by atomic mass is 32.1. The molecule has 0 bridgehead atoms. The second-order valence-corrected chi connectivity index (χ2v) is 8.94. The van der Waals surface area contributed by atoms with Crippen LogP contribution in [0.25, 0.3) is 10.6 Å². The van der Waals surface area contributed by atoms with Crippen molar-refractivity contribution in [2.45, 2.75) is 33.6 Å². The number of nitrogens with zero attached hydrogens (tertiary/aromatic N) is 4. The maximum Gasteiger partial charge on any atom is 0.277 e. The zero-order valence-electron chi connectivity index (χ0n) is 19.2. The molecular weight excluding hydrogens is 442 g/mol. The first-order chi connectivity index (χ1) is 15.7. The molecule has 10 heteroatoms. The summed E-state index contributed by atoms with van der Waals surface area (Å²) < 4.78 is 6.70. The van der Waals surface area contributed by atoms with Crippen molar-refractivity contribution < 1.29 is 14.3 Å². The van der Waals surface area contributed by atoms with E-state index in [1.807, 2.05) is 13.8 Å². The minimum Gasteiger partial charge on any atom is -0.495 e. The van der Waals surface area contributed by atoms with Crippen molar-refractivity contribution in [2.24, 2.45) is 7.05 Å². The van der Waals surface area contributed by atoms with Crippen LogP contribution in [0.2, 0.25) is 0 Å². The fraction of sp³-hybridized carbons (Fsp3) is 0.348. The minimum atomic E-state index is -0.333. The lowest BCUT2D eigenvalue weighted by molar-refractivity contribution is -0.117. The van der Waals surface area contributed by atoms with Crippen molar-refractivity contribution in [1.29, 1.82) is 0 Å². The molecular formula is C23H25N5O4S. The number of ether oxygens (including phenoxy) is 1. The summed E-state index contributed by atoms with van der Waals surface area (Å²) in [6, 6.07) is 5.20. The van der Waals surface area contributed by atoms with Crippen LogP contribution in [0.15, 0.2) is 23.0 Å². The zero-order valence-corrected chi connectivity index (χ0v) is 20.0. The number of amides is 2. The van der Waals surface area contributed by atoms with E-state index in [-0.39, 0.29) is 17.4 Å². The average Bonchev–Trinajstić information content (AvgIpc) is 3.38. The van der Waals surface area contributed by atoms with Crippen LogP contribution in [-0.2, 0) is 11.8 Å². The number of anilines is 2. The van der Waals surface area contributed by atoms with Gasteiger partial charge in [0.25, 0.3) is 11.5 Å². The molecule has 0 spiro atoms. The van der Waals surface area contributed by atoms with Gasteiger partial charge >= 0.3 is 0 Å². The third-order valence-corrected chi connectivity index (χ3v) is 6.92. The zero-order chi connectivity index (χ0) is 23.9. The summed E-state index contributed by atoms with van der Waals surface area (Å²) >= 11 is 1.17. The van der Waals surface area contributed by atoms with Gasteiger partial charge in [0.05, 0.1) is 29.7 Å². The largest absolute Gasteiger partial charge is 0.495 e. The summed E-state index contributed by atoms with van der Waals surface area (Å²) in [5.41, 5.74) is 3.38. The highest BCUT2D eigenvalue weighted by Crippen LogP contribution is 2.35. The topological polar surface area (TPSA) is 106 Å². The first-order valence-corrected chi connectivity index (χ1v) is 11.3. The number of thiazole rings is 1. The number of hydrogen-bond acceptors (Lipinski definition) is 7. The van der Waals surface area contributed by atoms with E-state index in [2.05, 4.69) is 15.4 Å². The summed E-state index contributed by atoms with van der Waals surface area (Å²) in [4.78, 5) is 44.6. The summed E-state index contributed by atoms with van der Waals surface area (Å²) in [5, 5.41) is 7.58. The Kier molecular flexibility index (Phi) is 6.03. The molecule has 1 N–H and O–H groups in total. The van der Waals surface area contributed by atoms with Crippen molar-refractivity contribution in [1.82, 2.24) is 14.8 Å². The smallest absolute Gasteiger partial charge is 0.277 e. The molecule has 1 saturated heterocycles. The van der Waals surface area contributed by atoms with Gasteiger partial charge in [-0.3, -0.25) is 14.4 Å². The van der Waals surface area contributed by atoms with Crippen LogP contribution in [0.4, 0.5) is 11.4 Å². The van der Waals surface area contributed by atoms with E-state index in [0.717, 1.165) is 17.7 Å². The Morgan fingerprint density at radius 2 is 1.94 bits per heavy atom. The molecule has 0 radical (unpaired) electrons. The van der Waals surface area contributed by atoms with E-state index in [4.69, 9.17) is 4.74 Å². The quantitative estimate of drug-likeness (QED) is 0.618. The SMILES string of the molecule is COc1ccc(NC(=O)c2sc(-c3c(C)c(C)nn(C)c3=O)nc2C)cc1N1CCCC1=O. The molecule has 1 aliphatic heterocycles. The number of hydrogen-bond donors (Lipinski definition) is 1. The number of carbonyl (C=O) groups is 2. The van der Waals surface area contributed by atoms with Gasteiger partial charge in [0, 0.05) is 25.7 Å². The molecule has 1 aromatic carbocycles. The molecule has 3 heterocycles. The Morgan fingerprint density at radius 1 is 1.18 bits per heavy atom. The van der Waals surface area contributed by atoms with Crippen molar-refractivity contribution in [3.63, 3.8) is 0 Å². The third-order valence-electron chi connectivity index (χ3n) is 5.74.